The fourth-order valence-electron chi connectivity index (χ4n) is 2.10. The van der Waals surface area contributed by atoms with E-state index in [2.05, 4.69) is 10.9 Å². The lowest BCUT2D eigenvalue weighted by atomic mass is 10.0. The Morgan fingerprint density at radius 3 is 2.65 bits per heavy atom. The van der Waals surface area contributed by atoms with E-state index >= 15 is 0 Å². The average Bonchev–Trinajstić information content (AvgIpc) is 2.70. The van der Waals surface area contributed by atoms with Crippen molar-refractivity contribution in [2.75, 3.05) is 6.61 Å². The predicted octanol–water partition coefficient (Wildman–Crippen LogP) is -2.68. The molecular formula is C12H14N2O6. The highest BCUT2D eigenvalue weighted by atomic mass is 16.6. The monoisotopic (exact) mass is 282 g/mol. The third-order valence-corrected chi connectivity index (χ3v) is 3.15. The molecule has 1 unspecified atom stereocenters. The van der Waals surface area contributed by atoms with Gasteiger partial charge in [0.2, 0.25) is 0 Å². The molecule has 8 heteroatoms. The van der Waals surface area contributed by atoms with Crippen molar-refractivity contribution < 1.29 is 20.1 Å². The van der Waals surface area contributed by atoms with Crippen molar-refractivity contribution >= 4 is 0 Å². The summed E-state index contributed by atoms with van der Waals surface area (Å²) in [6.45, 7) is -0.561. The van der Waals surface area contributed by atoms with Crippen molar-refractivity contribution in [3.05, 3.63) is 32.6 Å². The van der Waals surface area contributed by atoms with Gasteiger partial charge >= 0.3 is 5.69 Å². The second kappa shape index (κ2) is 5.60. The van der Waals surface area contributed by atoms with Crippen LogP contribution in [0.3, 0.4) is 0 Å². The Labute approximate surface area is 113 Å². The zero-order valence-corrected chi connectivity index (χ0v) is 10.4. The number of rotatable bonds is 3. The number of aliphatic hydroxyl groups is 3. The van der Waals surface area contributed by atoms with Crippen LogP contribution < -0.4 is 11.2 Å². The maximum atomic E-state index is 11.8. The summed E-state index contributed by atoms with van der Waals surface area (Å²) in [6.07, 6.45) is 1.44. The van der Waals surface area contributed by atoms with Gasteiger partial charge in [0.25, 0.3) is 5.56 Å². The molecule has 0 aromatic carbocycles. The first kappa shape index (κ1) is 14.5. The molecular weight excluding hydrogens is 268 g/mol. The number of hydrogen-bond donors (Lipinski definition) is 4. The number of H-pyrrole nitrogens is 1. The SMILES string of the molecule is C#CCn1cc([C@@H]2O[C@H](CO)C(O)[C@@H]2O)c(=O)[nH]c1=O. The molecule has 0 spiro atoms. The summed E-state index contributed by atoms with van der Waals surface area (Å²) in [5.74, 6) is 2.25. The van der Waals surface area contributed by atoms with E-state index in [1.54, 1.807) is 0 Å². The van der Waals surface area contributed by atoms with Gasteiger partial charge in [-0.2, -0.15) is 0 Å². The fourth-order valence-corrected chi connectivity index (χ4v) is 2.10. The topological polar surface area (TPSA) is 125 Å². The highest BCUT2D eigenvalue weighted by Crippen LogP contribution is 2.31. The number of aromatic nitrogens is 2. The molecule has 0 bridgehead atoms. The average molecular weight is 282 g/mol. The molecule has 108 valence electrons. The smallest absolute Gasteiger partial charge is 0.329 e. The number of aromatic amines is 1. The highest BCUT2D eigenvalue weighted by Gasteiger charge is 2.44. The lowest BCUT2D eigenvalue weighted by molar-refractivity contribution is -0.0233. The maximum absolute atomic E-state index is 11.8. The number of nitrogens with one attached hydrogen (secondary N) is 1. The van der Waals surface area contributed by atoms with E-state index in [0.29, 0.717) is 0 Å². The first-order chi connectivity index (χ1) is 9.49. The number of aliphatic hydroxyl groups excluding tert-OH is 3. The van der Waals surface area contributed by atoms with Gasteiger partial charge in [-0.05, 0) is 0 Å². The van der Waals surface area contributed by atoms with E-state index in [1.807, 2.05) is 0 Å². The summed E-state index contributed by atoms with van der Waals surface area (Å²) in [6, 6.07) is 0. The van der Waals surface area contributed by atoms with Gasteiger partial charge in [-0.1, -0.05) is 5.92 Å². The third kappa shape index (κ3) is 2.39. The van der Waals surface area contributed by atoms with Crippen LogP contribution in [0.1, 0.15) is 11.7 Å². The van der Waals surface area contributed by atoms with Crippen LogP contribution in [0.5, 0.6) is 0 Å². The molecule has 4 N–H and O–H groups in total. The van der Waals surface area contributed by atoms with E-state index < -0.39 is 42.3 Å². The first-order valence-electron chi connectivity index (χ1n) is 5.89. The Balaban J connectivity index is 2.43. The Morgan fingerprint density at radius 1 is 1.40 bits per heavy atom. The van der Waals surface area contributed by atoms with Gasteiger partial charge in [0.05, 0.1) is 18.7 Å². The van der Waals surface area contributed by atoms with Crippen molar-refractivity contribution in [2.24, 2.45) is 0 Å². The highest BCUT2D eigenvalue weighted by molar-refractivity contribution is 5.14. The molecule has 1 fully saturated rings. The minimum absolute atomic E-state index is 0.0395. The van der Waals surface area contributed by atoms with E-state index in [1.165, 1.54) is 6.20 Å². The maximum Gasteiger partial charge on any atom is 0.329 e. The van der Waals surface area contributed by atoms with E-state index in [9.17, 15) is 19.8 Å². The van der Waals surface area contributed by atoms with Crippen LogP contribution in [0.2, 0.25) is 0 Å². The van der Waals surface area contributed by atoms with Gasteiger partial charge in [-0.3, -0.25) is 14.3 Å². The zero-order valence-electron chi connectivity index (χ0n) is 10.4. The molecule has 0 aliphatic carbocycles. The van der Waals surface area contributed by atoms with E-state index in [4.69, 9.17) is 16.3 Å². The van der Waals surface area contributed by atoms with Crippen LogP contribution in [0, 0.1) is 12.3 Å². The first-order valence-corrected chi connectivity index (χ1v) is 5.89. The molecule has 4 atom stereocenters. The quantitative estimate of drug-likeness (QED) is 0.448. The van der Waals surface area contributed by atoms with Gasteiger partial charge < -0.3 is 20.1 Å². The van der Waals surface area contributed by atoms with Gasteiger partial charge in [0.1, 0.15) is 24.4 Å². The molecule has 2 rings (SSSR count). The lowest BCUT2D eigenvalue weighted by Crippen LogP contribution is -2.36. The molecule has 0 radical (unpaired) electrons. The molecule has 1 aromatic rings. The van der Waals surface area contributed by atoms with Crippen LogP contribution in [-0.4, -0.2) is 49.8 Å². The molecule has 1 aliphatic heterocycles. The summed E-state index contributed by atoms with van der Waals surface area (Å²) >= 11 is 0. The van der Waals surface area contributed by atoms with Gasteiger partial charge in [-0.15, -0.1) is 6.42 Å². The van der Waals surface area contributed by atoms with Crippen molar-refractivity contribution in [3.63, 3.8) is 0 Å². The van der Waals surface area contributed by atoms with Crippen LogP contribution in [0.4, 0.5) is 0 Å². The van der Waals surface area contributed by atoms with Crippen LogP contribution in [-0.2, 0) is 11.3 Å². The molecule has 1 saturated heterocycles. The molecule has 0 amide bonds. The largest absolute Gasteiger partial charge is 0.394 e. The predicted molar refractivity (Wildman–Crippen MR) is 66.9 cm³/mol. The number of ether oxygens (including phenoxy) is 1. The second-order valence-electron chi connectivity index (χ2n) is 4.43. The molecule has 1 aromatic heterocycles. The van der Waals surface area contributed by atoms with Crippen molar-refractivity contribution in [3.8, 4) is 12.3 Å². The summed E-state index contributed by atoms with van der Waals surface area (Å²) in [5, 5.41) is 28.5. The molecule has 20 heavy (non-hydrogen) atoms. The Morgan fingerprint density at radius 2 is 2.10 bits per heavy atom. The molecule has 8 nitrogen and oxygen atoms in total. The minimum Gasteiger partial charge on any atom is -0.394 e. The van der Waals surface area contributed by atoms with Crippen molar-refractivity contribution in [2.45, 2.75) is 31.0 Å². The van der Waals surface area contributed by atoms with Gasteiger partial charge in [0, 0.05) is 6.20 Å². The molecule has 2 heterocycles. The van der Waals surface area contributed by atoms with Crippen LogP contribution in [0.25, 0.3) is 0 Å². The number of terminal acetylenes is 1. The summed E-state index contributed by atoms with van der Waals surface area (Å²) in [5.41, 5.74) is -1.45. The lowest BCUT2D eigenvalue weighted by Gasteiger charge is -2.14. The Hall–Kier alpha value is -1.92. The molecule has 0 saturated carbocycles. The zero-order chi connectivity index (χ0) is 14.9. The second-order valence-corrected chi connectivity index (χ2v) is 4.43. The summed E-state index contributed by atoms with van der Waals surface area (Å²) in [4.78, 5) is 25.3. The van der Waals surface area contributed by atoms with E-state index in [-0.39, 0.29) is 12.1 Å². The summed E-state index contributed by atoms with van der Waals surface area (Å²) in [7, 11) is 0. The third-order valence-electron chi connectivity index (χ3n) is 3.15. The molecule has 1 aliphatic rings. The van der Waals surface area contributed by atoms with Crippen LogP contribution >= 0.6 is 0 Å². The van der Waals surface area contributed by atoms with Gasteiger partial charge in [-0.25, -0.2) is 4.79 Å². The van der Waals surface area contributed by atoms with Gasteiger partial charge in [0.15, 0.2) is 0 Å². The Kier molecular flexibility index (Phi) is 4.06. The normalized spacial score (nSPS) is 29.3. The van der Waals surface area contributed by atoms with Crippen LogP contribution in [0.15, 0.2) is 15.8 Å². The van der Waals surface area contributed by atoms with Crippen molar-refractivity contribution in [1.82, 2.24) is 9.55 Å². The fraction of sp³-hybridized carbons (Fsp3) is 0.500. The van der Waals surface area contributed by atoms with Crippen molar-refractivity contribution in [1.29, 1.82) is 0 Å². The number of nitrogens with zero attached hydrogens (tertiary/aromatic N) is 1. The standard InChI is InChI=1S/C12H14N2O6/c1-2-3-14-4-6(11(18)13-12(14)19)10-9(17)8(16)7(5-15)20-10/h1,4,7-10,15-17H,3,5H2,(H,13,18,19)/t7-,8?,9+,10+/m1/s1. The summed E-state index contributed by atoms with van der Waals surface area (Å²) < 4.78 is 6.31. The Bertz CT molecular complexity index is 643. The number of hydrogen-bond acceptors (Lipinski definition) is 6. The minimum atomic E-state index is -1.38. The van der Waals surface area contributed by atoms with E-state index in [0.717, 1.165) is 4.57 Å².